The fourth-order valence-corrected chi connectivity index (χ4v) is 1.44. The highest BCUT2D eigenvalue weighted by Crippen LogP contribution is 2.20. The van der Waals surface area contributed by atoms with E-state index in [1.165, 1.54) is 6.33 Å². The predicted molar refractivity (Wildman–Crippen MR) is 47.7 cm³/mol. The second-order valence-corrected chi connectivity index (χ2v) is 2.88. The van der Waals surface area contributed by atoms with Crippen LogP contribution in [0.5, 0.6) is 0 Å². The normalized spacial score (nSPS) is 10.8. The fraction of sp³-hybridized carbons (Fsp3) is 0.250. The number of anilines is 1. The number of hydrogen-bond donors (Lipinski definition) is 1. The molecule has 0 saturated heterocycles. The number of nitrogen functional groups attached to an aromatic ring is 1. The molecular formula is C8H10N4. The van der Waals surface area contributed by atoms with Crippen molar-refractivity contribution in [2.75, 3.05) is 5.73 Å². The van der Waals surface area contributed by atoms with E-state index < -0.39 is 0 Å². The lowest BCUT2D eigenvalue weighted by molar-refractivity contribution is 0.960. The Labute approximate surface area is 70.0 Å². The van der Waals surface area contributed by atoms with Crippen molar-refractivity contribution in [3.63, 3.8) is 0 Å². The summed E-state index contributed by atoms with van der Waals surface area (Å²) in [5.74, 6) is 0.538. The Hall–Kier alpha value is -1.58. The minimum absolute atomic E-state index is 0.538. The molecule has 4 nitrogen and oxygen atoms in total. The lowest BCUT2D eigenvalue weighted by atomic mass is 10.3. The van der Waals surface area contributed by atoms with E-state index in [0.717, 1.165) is 16.6 Å². The van der Waals surface area contributed by atoms with Crippen LogP contribution in [-0.4, -0.2) is 14.5 Å². The smallest absolute Gasteiger partial charge is 0.151 e. The third kappa shape index (κ3) is 0.777. The van der Waals surface area contributed by atoms with Crippen molar-refractivity contribution in [1.82, 2.24) is 14.5 Å². The van der Waals surface area contributed by atoms with E-state index >= 15 is 0 Å². The molecule has 2 aromatic rings. The monoisotopic (exact) mass is 162 g/mol. The van der Waals surface area contributed by atoms with Crippen molar-refractivity contribution in [3.05, 3.63) is 18.1 Å². The zero-order valence-electron chi connectivity index (χ0n) is 7.07. The van der Waals surface area contributed by atoms with Crippen molar-refractivity contribution in [2.45, 2.75) is 6.92 Å². The number of nitrogens with zero attached hydrogens (tertiary/aromatic N) is 3. The van der Waals surface area contributed by atoms with E-state index in [4.69, 9.17) is 5.73 Å². The van der Waals surface area contributed by atoms with Crippen LogP contribution in [0.25, 0.3) is 11.0 Å². The molecule has 0 atom stereocenters. The molecule has 0 saturated carbocycles. The second-order valence-electron chi connectivity index (χ2n) is 2.88. The van der Waals surface area contributed by atoms with Crippen molar-refractivity contribution >= 4 is 16.9 Å². The first kappa shape index (κ1) is 7.09. The van der Waals surface area contributed by atoms with Crippen molar-refractivity contribution in [1.29, 1.82) is 0 Å². The van der Waals surface area contributed by atoms with Gasteiger partial charge in [-0.1, -0.05) is 0 Å². The van der Waals surface area contributed by atoms with Crippen LogP contribution in [0.3, 0.4) is 0 Å². The molecule has 0 unspecified atom stereocenters. The zero-order valence-corrected chi connectivity index (χ0v) is 7.07. The van der Waals surface area contributed by atoms with E-state index in [-0.39, 0.29) is 0 Å². The maximum Gasteiger partial charge on any atom is 0.151 e. The van der Waals surface area contributed by atoms with Crippen molar-refractivity contribution in [3.8, 4) is 0 Å². The lowest BCUT2D eigenvalue weighted by Gasteiger charge is -1.97. The molecule has 2 rings (SSSR count). The van der Waals surface area contributed by atoms with Gasteiger partial charge in [0.15, 0.2) is 5.82 Å². The second kappa shape index (κ2) is 2.20. The maximum absolute atomic E-state index is 5.70. The van der Waals surface area contributed by atoms with Crippen LogP contribution in [0.1, 0.15) is 5.56 Å². The summed E-state index contributed by atoms with van der Waals surface area (Å²) in [4.78, 5) is 8.08. The number of aromatic nitrogens is 3. The van der Waals surface area contributed by atoms with Crippen LogP contribution in [0.15, 0.2) is 12.5 Å². The minimum Gasteiger partial charge on any atom is -0.382 e. The van der Waals surface area contributed by atoms with E-state index in [2.05, 4.69) is 9.97 Å². The first-order chi connectivity index (χ1) is 5.70. The summed E-state index contributed by atoms with van der Waals surface area (Å²) >= 11 is 0. The van der Waals surface area contributed by atoms with Gasteiger partial charge >= 0.3 is 0 Å². The average molecular weight is 162 g/mol. The van der Waals surface area contributed by atoms with Crippen LogP contribution in [-0.2, 0) is 7.05 Å². The summed E-state index contributed by atoms with van der Waals surface area (Å²) in [6.45, 7) is 2.01. The number of nitrogens with two attached hydrogens (primary N) is 1. The molecule has 0 amide bonds. The highest BCUT2D eigenvalue weighted by molar-refractivity contribution is 5.87. The van der Waals surface area contributed by atoms with Gasteiger partial charge in [0.25, 0.3) is 0 Å². The Morgan fingerprint density at radius 3 is 2.83 bits per heavy atom. The van der Waals surface area contributed by atoms with Gasteiger partial charge in [-0.3, -0.25) is 0 Å². The SMILES string of the molecule is Cc1cn(C)c2c(N)ncnc12. The summed E-state index contributed by atoms with van der Waals surface area (Å²) in [6, 6.07) is 0. The molecule has 0 fully saturated rings. The minimum atomic E-state index is 0.538. The number of fused-ring (bicyclic) bond motifs is 1. The van der Waals surface area contributed by atoms with E-state index in [9.17, 15) is 0 Å². The molecular weight excluding hydrogens is 152 g/mol. The van der Waals surface area contributed by atoms with Gasteiger partial charge in [-0.2, -0.15) is 0 Å². The quantitative estimate of drug-likeness (QED) is 0.625. The van der Waals surface area contributed by atoms with E-state index in [1.807, 2.05) is 24.7 Å². The Morgan fingerprint density at radius 1 is 1.42 bits per heavy atom. The van der Waals surface area contributed by atoms with Crippen LogP contribution in [0.4, 0.5) is 5.82 Å². The summed E-state index contributed by atoms with van der Waals surface area (Å²) in [5.41, 5.74) is 8.67. The van der Waals surface area contributed by atoms with Gasteiger partial charge in [0.05, 0.1) is 5.52 Å². The number of rotatable bonds is 0. The Kier molecular flexibility index (Phi) is 1.30. The molecule has 12 heavy (non-hydrogen) atoms. The van der Waals surface area contributed by atoms with Gasteiger partial charge in [-0.15, -0.1) is 0 Å². The molecule has 0 spiro atoms. The highest BCUT2D eigenvalue weighted by atomic mass is 15.0. The van der Waals surface area contributed by atoms with Gasteiger partial charge in [-0.25, -0.2) is 9.97 Å². The molecule has 2 N–H and O–H groups in total. The van der Waals surface area contributed by atoms with Crippen LogP contribution < -0.4 is 5.73 Å². The van der Waals surface area contributed by atoms with Crippen LogP contribution >= 0.6 is 0 Å². The van der Waals surface area contributed by atoms with E-state index in [1.54, 1.807) is 0 Å². The topological polar surface area (TPSA) is 56.7 Å². The molecule has 62 valence electrons. The summed E-state index contributed by atoms with van der Waals surface area (Å²) < 4.78 is 1.94. The fourth-order valence-electron chi connectivity index (χ4n) is 1.44. The third-order valence-corrected chi connectivity index (χ3v) is 1.96. The molecule has 2 aromatic heterocycles. The van der Waals surface area contributed by atoms with Crippen molar-refractivity contribution < 1.29 is 0 Å². The van der Waals surface area contributed by atoms with Crippen LogP contribution in [0.2, 0.25) is 0 Å². The molecule has 0 aromatic carbocycles. The van der Waals surface area contributed by atoms with E-state index in [0.29, 0.717) is 5.82 Å². The first-order valence-corrected chi connectivity index (χ1v) is 3.72. The van der Waals surface area contributed by atoms with Gasteiger partial charge in [0.1, 0.15) is 11.8 Å². The number of aryl methyl sites for hydroxylation is 2. The predicted octanol–water partition coefficient (Wildman–Crippen LogP) is 0.859. The first-order valence-electron chi connectivity index (χ1n) is 3.72. The van der Waals surface area contributed by atoms with Crippen LogP contribution in [0, 0.1) is 6.92 Å². The largest absolute Gasteiger partial charge is 0.382 e. The van der Waals surface area contributed by atoms with Gasteiger partial charge in [-0.05, 0) is 12.5 Å². The molecule has 0 aliphatic rings. The molecule has 0 radical (unpaired) electrons. The maximum atomic E-state index is 5.70. The highest BCUT2D eigenvalue weighted by Gasteiger charge is 2.06. The molecule has 0 aliphatic carbocycles. The molecule has 2 heterocycles. The van der Waals surface area contributed by atoms with Gasteiger partial charge in [0, 0.05) is 13.2 Å². The lowest BCUT2D eigenvalue weighted by Crippen LogP contribution is -1.95. The van der Waals surface area contributed by atoms with Gasteiger partial charge in [0.2, 0.25) is 0 Å². The Balaban J connectivity index is 2.99. The zero-order chi connectivity index (χ0) is 8.72. The van der Waals surface area contributed by atoms with Gasteiger partial charge < -0.3 is 10.3 Å². The summed E-state index contributed by atoms with van der Waals surface area (Å²) in [5, 5.41) is 0. The molecule has 0 aliphatic heterocycles. The van der Waals surface area contributed by atoms with Crippen molar-refractivity contribution in [2.24, 2.45) is 7.05 Å². The average Bonchev–Trinajstić information content (AvgIpc) is 2.29. The standard InChI is InChI=1S/C8H10N4/c1-5-3-12(2)7-6(5)10-4-11-8(7)9/h3-4H,1-2H3,(H2,9,10,11). The number of hydrogen-bond acceptors (Lipinski definition) is 3. The molecule has 4 heteroatoms. The summed E-state index contributed by atoms with van der Waals surface area (Å²) in [6.07, 6.45) is 3.49. The molecule has 0 bridgehead atoms. The Bertz CT molecular complexity index is 430. The third-order valence-electron chi connectivity index (χ3n) is 1.96. The summed E-state index contributed by atoms with van der Waals surface area (Å²) in [7, 11) is 1.94. The Morgan fingerprint density at radius 2 is 2.17 bits per heavy atom.